The van der Waals surface area contributed by atoms with Crippen LogP contribution in [0.25, 0.3) is 5.82 Å². The van der Waals surface area contributed by atoms with Crippen LogP contribution in [-0.2, 0) is 30.2 Å². The third kappa shape index (κ3) is 6.01. The minimum Gasteiger partial charge on any atom is -0.461 e. The van der Waals surface area contributed by atoms with E-state index in [2.05, 4.69) is 20.3 Å². The van der Waals surface area contributed by atoms with E-state index in [1.165, 1.54) is 33.8 Å². The third-order valence-electron chi connectivity index (χ3n) is 4.67. The number of carbonyl (C=O) groups excluding carboxylic acids is 1. The Morgan fingerprint density at radius 1 is 1.06 bits per heavy atom. The van der Waals surface area contributed by atoms with Crippen molar-refractivity contribution in [2.45, 2.75) is 25.4 Å². The van der Waals surface area contributed by atoms with Gasteiger partial charge in [-0.2, -0.15) is 13.2 Å². The van der Waals surface area contributed by atoms with Crippen LogP contribution in [0.4, 0.5) is 13.2 Å². The molecule has 0 aliphatic rings. The van der Waals surface area contributed by atoms with Crippen LogP contribution < -0.4 is 0 Å². The van der Waals surface area contributed by atoms with Gasteiger partial charge in [-0.1, -0.05) is 35.5 Å². The molecule has 0 aliphatic carbocycles. The molecule has 0 radical (unpaired) electrons. The second-order valence-corrected chi connectivity index (χ2v) is 8.00. The number of hydrogen-bond acceptors (Lipinski definition) is 7. The minimum atomic E-state index is -4.46. The summed E-state index contributed by atoms with van der Waals surface area (Å²) in [5.41, 5.74) is 1.13. The number of aryl methyl sites for hydroxylation is 2. The zero-order valence-corrected chi connectivity index (χ0v) is 18.0. The van der Waals surface area contributed by atoms with E-state index >= 15 is 0 Å². The van der Waals surface area contributed by atoms with Crippen molar-refractivity contribution in [1.82, 2.24) is 25.0 Å². The fourth-order valence-electron chi connectivity index (χ4n) is 2.95. The summed E-state index contributed by atoms with van der Waals surface area (Å²) in [7, 11) is 0. The van der Waals surface area contributed by atoms with Gasteiger partial charge in [0.05, 0.1) is 29.1 Å². The lowest BCUT2D eigenvalue weighted by molar-refractivity contribution is -0.137. The van der Waals surface area contributed by atoms with Crippen LogP contribution in [0.2, 0.25) is 0 Å². The molecule has 0 bridgehead atoms. The van der Waals surface area contributed by atoms with Gasteiger partial charge in [0.15, 0.2) is 11.5 Å². The number of thiazole rings is 1. The molecule has 0 unspecified atom stereocenters. The van der Waals surface area contributed by atoms with Gasteiger partial charge in [-0.25, -0.2) is 19.4 Å². The number of esters is 1. The van der Waals surface area contributed by atoms with E-state index < -0.39 is 17.7 Å². The highest BCUT2D eigenvalue weighted by Crippen LogP contribution is 2.28. The number of carbonyl (C=O) groups is 1. The van der Waals surface area contributed by atoms with Crippen molar-refractivity contribution in [1.29, 1.82) is 0 Å². The minimum absolute atomic E-state index is 0.0643. The van der Waals surface area contributed by atoms with Crippen LogP contribution >= 0.6 is 11.3 Å². The van der Waals surface area contributed by atoms with Gasteiger partial charge in [0.2, 0.25) is 0 Å². The smallest absolute Gasteiger partial charge is 0.417 e. The summed E-state index contributed by atoms with van der Waals surface area (Å²) in [5, 5.41) is 10.3. The van der Waals surface area contributed by atoms with Crippen molar-refractivity contribution in [3.8, 4) is 5.82 Å². The first kappa shape index (κ1) is 22.6. The lowest BCUT2D eigenvalue weighted by atomic mass is 10.1. The predicted octanol–water partition coefficient (Wildman–Crippen LogP) is 4.32. The predicted molar refractivity (Wildman–Crippen MR) is 114 cm³/mol. The van der Waals surface area contributed by atoms with Gasteiger partial charge in [-0.3, -0.25) is 0 Å². The van der Waals surface area contributed by atoms with Crippen LogP contribution in [0.15, 0.2) is 60.2 Å². The average Bonchev–Trinajstić information content (AvgIpc) is 3.48. The topological polar surface area (TPSA) is 82.8 Å². The van der Waals surface area contributed by atoms with Crippen LogP contribution in [0.5, 0.6) is 0 Å². The number of rotatable bonds is 8. The summed E-state index contributed by atoms with van der Waals surface area (Å²) in [6, 6.07) is 12.2. The molecule has 1 aromatic carbocycles. The van der Waals surface area contributed by atoms with E-state index in [1.54, 1.807) is 5.38 Å². The van der Waals surface area contributed by atoms with Gasteiger partial charge in [0.1, 0.15) is 0 Å². The Hall–Kier alpha value is -3.60. The summed E-state index contributed by atoms with van der Waals surface area (Å²) in [6.07, 6.45) is -0.329. The van der Waals surface area contributed by atoms with Crippen molar-refractivity contribution in [2.24, 2.45) is 0 Å². The van der Waals surface area contributed by atoms with Crippen molar-refractivity contribution in [2.75, 3.05) is 6.61 Å². The first-order valence-corrected chi connectivity index (χ1v) is 10.9. The molecule has 0 fully saturated rings. The van der Waals surface area contributed by atoms with Gasteiger partial charge in [0.25, 0.3) is 0 Å². The fraction of sp³-hybridized carbons (Fsp3) is 0.227. The van der Waals surface area contributed by atoms with Gasteiger partial charge in [-0.05, 0) is 24.1 Å². The molecule has 0 saturated carbocycles. The Bertz CT molecular complexity index is 1210. The highest BCUT2D eigenvalue weighted by molar-refractivity contribution is 7.09. The van der Waals surface area contributed by atoms with Crippen molar-refractivity contribution in [3.05, 3.63) is 87.8 Å². The molecule has 0 saturated heterocycles. The molecule has 3 aromatic heterocycles. The lowest BCUT2D eigenvalue weighted by Crippen LogP contribution is -2.09. The number of aromatic nitrogens is 5. The molecule has 0 atom stereocenters. The zero-order valence-electron chi connectivity index (χ0n) is 17.2. The molecule has 4 rings (SSSR count). The molecule has 0 spiro atoms. The number of alkyl halides is 3. The first-order chi connectivity index (χ1) is 15.9. The van der Waals surface area contributed by atoms with Crippen molar-refractivity contribution in [3.63, 3.8) is 0 Å². The standard InChI is InChI=1S/C22H18F3N5O2S/c23-22(24,25)16-7-8-19(26-12-16)30-13-17(28-29-30)10-11-32-21(31)18-14-33-20(27-18)9-6-15-4-2-1-3-5-15/h1-5,7-8,12-14H,6,9-11H2. The van der Waals surface area contributed by atoms with Gasteiger partial charge in [0, 0.05) is 24.4 Å². The molecule has 3 heterocycles. The van der Waals surface area contributed by atoms with Crippen molar-refractivity contribution < 1.29 is 22.7 Å². The van der Waals surface area contributed by atoms with Gasteiger partial charge in [-0.15, -0.1) is 16.4 Å². The molecule has 4 aromatic rings. The van der Waals surface area contributed by atoms with Gasteiger partial charge < -0.3 is 4.74 Å². The first-order valence-electron chi connectivity index (χ1n) is 9.99. The zero-order chi connectivity index (χ0) is 23.3. The molecule has 0 amide bonds. The molecule has 11 heteroatoms. The maximum absolute atomic E-state index is 12.6. The Balaban J connectivity index is 1.26. The Kier molecular flexibility index (Phi) is 6.78. The van der Waals surface area contributed by atoms with E-state index in [4.69, 9.17) is 4.74 Å². The summed E-state index contributed by atoms with van der Waals surface area (Å²) >= 11 is 1.42. The monoisotopic (exact) mass is 473 g/mol. The molecule has 0 aliphatic heterocycles. The quantitative estimate of drug-likeness (QED) is 0.355. The molecule has 7 nitrogen and oxygen atoms in total. The Morgan fingerprint density at radius 3 is 2.61 bits per heavy atom. The largest absolute Gasteiger partial charge is 0.461 e. The second-order valence-electron chi connectivity index (χ2n) is 7.06. The third-order valence-corrected chi connectivity index (χ3v) is 5.58. The van der Waals surface area contributed by atoms with E-state index in [1.807, 2.05) is 30.3 Å². The van der Waals surface area contributed by atoms with E-state index in [9.17, 15) is 18.0 Å². The highest BCUT2D eigenvalue weighted by Gasteiger charge is 2.30. The van der Waals surface area contributed by atoms with Crippen molar-refractivity contribution >= 4 is 17.3 Å². The Labute approximate surface area is 190 Å². The second kappa shape index (κ2) is 9.90. The van der Waals surface area contributed by atoms with E-state index in [0.717, 1.165) is 30.1 Å². The number of halogens is 3. The molecule has 33 heavy (non-hydrogen) atoms. The van der Waals surface area contributed by atoms with Crippen LogP contribution in [-0.4, -0.2) is 37.5 Å². The van der Waals surface area contributed by atoms with Gasteiger partial charge >= 0.3 is 12.1 Å². The number of hydrogen-bond donors (Lipinski definition) is 0. The van der Waals surface area contributed by atoms with Crippen LogP contribution in [0.1, 0.15) is 32.3 Å². The molecular weight excluding hydrogens is 455 g/mol. The maximum atomic E-state index is 12.6. The van der Waals surface area contributed by atoms with Crippen LogP contribution in [0.3, 0.4) is 0 Å². The molecule has 170 valence electrons. The highest BCUT2D eigenvalue weighted by atomic mass is 32.1. The van der Waals surface area contributed by atoms with E-state index in [0.29, 0.717) is 5.69 Å². The average molecular weight is 473 g/mol. The van der Waals surface area contributed by atoms with Crippen LogP contribution in [0, 0.1) is 0 Å². The fourth-order valence-corrected chi connectivity index (χ4v) is 3.72. The lowest BCUT2D eigenvalue weighted by Gasteiger charge is -2.06. The normalized spacial score (nSPS) is 11.5. The van der Waals surface area contributed by atoms with E-state index in [-0.39, 0.29) is 24.5 Å². The summed E-state index contributed by atoms with van der Waals surface area (Å²) in [4.78, 5) is 20.3. The molecule has 0 N–H and O–H groups in total. The Morgan fingerprint density at radius 2 is 1.88 bits per heavy atom. The summed E-state index contributed by atoms with van der Waals surface area (Å²) < 4.78 is 44.5. The number of ether oxygens (including phenoxy) is 1. The maximum Gasteiger partial charge on any atom is 0.417 e. The molecular formula is C22H18F3N5O2S. The summed E-state index contributed by atoms with van der Waals surface area (Å²) in [5.74, 6) is -0.321. The number of nitrogens with zero attached hydrogens (tertiary/aromatic N) is 5. The SMILES string of the molecule is O=C(OCCc1cn(-c2ccc(C(F)(F)F)cn2)nn1)c1csc(CCc2ccccc2)n1. The number of benzene rings is 1. The number of pyridine rings is 1. The summed E-state index contributed by atoms with van der Waals surface area (Å²) in [6.45, 7) is 0.0643.